The Labute approximate surface area is 74.8 Å². The Morgan fingerprint density at radius 2 is 2.46 bits per heavy atom. The largest absolute Gasteiger partial charge is 0.477 e. The van der Waals surface area contributed by atoms with Crippen LogP contribution in [0.4, 0.5) is 5.82 Å². The Kier molecular flexibility index (Phi) is 3.15. The molecule has 0 saturated heterocycles. The minimum Gasteiger partial charge on any atom is -0.477 e. The number of nitrogens with two attached hydrogens (primary N) is 1. The molecule has 6 heteroatoms. The molecule has 0 atom stereocenters. The fourth-order valence-electron chi connectivity index (χ4n) is 0.818. The molecule has 0 aliphatic carbocycles. The topological polar surface area (TPSA) is 101 Å². The van der Waals surface area contributed by atoms with Gasteiger partial charge in [-0.15, -0.1) is 0 Å². The summed E-state index contributed by atoms with van der Waals surface area (Å²) in [7, 11) is 0. The summed E-state index contributed by atoms with van der Waals surface area (Å²) < 4.78 is 0. The lowest BCUT2D eigenvalue weighted by Gasteiger charge is -2.05. The maximum Gasteiger partial charge on any atom is 0.341 e. The van der Waals surface area contributed by atoms with Crippen LogP contribution in [0, 0.1) is 0 Å². The molecule has 0 saturated carbocycles. The summed E-state index contributed by atoms with van der Waals surface area (Å²) >= 11 is 0. The zero-order chi connectivity index (χ0) is 9.68. The molecule has 1 heterocycles. The number of aromatic nitrogens is 2. The molecule has 0 aliphatic rings. The van der Waals surface area contributed by atoms with Gasteiger partial charge in [0.25, 0.3) is 0 Å². The van der Waals surface area contributed by atoms with E-state index in [9.17, 15) is 4.79 Å². The first-order chi connectivity index (χ1) is 6.25. The highest BCUT2D eigenvalue weighted by atomic mass is 16.4. The van der Waals surface area contributed by atoms with E-state index in [2.05, 4.69) is 15.3 Å². The Hall–Kier alpha value is -1.69. The highest BCUT2D eigenvalue weighted by Crippen LogP contribution is 2.08. The van der Waals surface area contributed by atoms with Crippen molar-refractivity contribution in [2.24, 2.45) is 5.73 Å². The molecule has 0 fully saturated rings. The molecular formula is C7H10N4O2. The van der Waals surface area contributed by atoms with E-state index in [-0.39, 0.29) is 5.56 Å². The van der Waals surface area contributed by atoms with E-state index in [0.717, 1.165) is 0 Å². The summed E-state index contributed by atoms with van der Waals surface area (Å²) in [6, 6.07) is 0. The van der Waals surface area contributed by atoms with Gasteiger partial charge in [-0.3, -0.25) is 0 Å². The zero-order valence-corrected chi connectivity index (χ0v) is 6.90. The monoisotopic (exact) mass is 182 g/mol. The second-order valence-corrected chi connectivity index (χ2v) is 2.31. The minimum absolute atomic E-state index is 0.0518. The number of aromatic carboxylic acids is 1. The number of carboxylic acids is 1. The lowest BCUT2D eigenvalue weighted by atomic mass is 10.3. The van der Waals surface area contributed by atoms with Crippen LogP contribution in [0.5, 0.6) is 0 Å². The van der Waals surface area contributed by atoms with Crippen LogP contribution in [-0.4, -0.2) is 34.1 Å². The fraction of sp³-hybridized carbons (Fsp3) is 0.286. The van der Waals surface area contributed by atoms with Crippen LogP contribution in [0.1, 0.15) is 10.4 Å². The predicted molar refractivity (Wildman–Crippen MR) is 46.5 cm³/mol. The van der Waals surface area contributed by atoms with Crippen LogP contribution in [0.3, 0.4) is 0 Å². The van der Waals surface area contributed by atoms with Crippen molar-refractivity contribution >= 4 is 11.8 Å². The normalized spacial score (nSPS) is 9.62. The first kappa shape index (κ1) is 9.40. The fourth-order valence-corrected chi connectivity index (χ4v) is 0.818. The summed E-state index contributed by atoms with van der Waals surface area (Å²) in [6.45, 7) is 0.903. The first-order valence-electron chi connectivity index (χ1n) is 3.73. The molecular weight excluding hydrogens is 172 g/mol. The van der Waals surface area contributed by atoms with Crippen LogP contribution in [0.2, 0.25) is 0 Å². The number of rotatable bonds is 4. The lowest BCUT2D eigenvalue weighted by Crippen LogP contribution is -2.16. The van der Waals surface area contributed by atoms with Gasteiger partial charge >= 0.3 is 5.97 Å². The summed E-state index contributed by atoms with van der Waals surface area (Å²) in [4.78, 5) is 18.0. The maximum absolute atomic E-state index is 10.6. The van der Waals surface area contributed by atoms with Crippen molar-refractivity contribution in [1.82, 2.24) is 9.97 Å². The molecule has 0 aromatic carbocycles. The van der Waals surface area contributed by atoms with E-state index in [4.69, 9.17) is 10.8 Å². The second-order valence-electron chi connectivity index (χ2n) is 2.31. The van der Waals surface area contributed by atoms with Gasteiger partial charge in [0.1, 0.15) is 17.7 Å². The van der Waals surface area contributed by atoms with E-state index in [1.54, 1.807) is 0 Å². The van der Waals surface area contributed by atoms with Crippen LogP contribution in [-0.2, 0) is 0 Å². The van der Waals surface area contributed by atoms with Crippen molar-refractivity contribution in [1.29, 1.82) is 0 Å². The zero-order valence-electron chi connectivity index (χ0n) is 6.90. The van der Waals surface area contributed by atoms with Gasteiger partial charge in [-0.05, 0) is 0 Å². The van der Waals surface area contributed by atoms with E-state index < -0.39 is 5.97 Å². The summed E-state index contributed by atoms with van der Waals surface area (Å²) in [5.74, 6) is -0.756. The molecule has 1 aromatic rings. The van der Waals surface area contributed by atoms with Crippen LogP contribution in [0.15, 0.2) is 12.5 Å². The second kappa shape index (κ2) is 4.36. The van der Waals surface area contributed by atoms with Crippen molar-refractivity contribution in [2.45, 2.75) is 0 Å². The van der Waals surface area contributed by atoms with Crippen LogP contribution in [0.25, 0.3) is 0 Å². The number of carbonyl (C=O) groups is 1. The molecule has 0 aliphatic heterocycles. The number of nitrogens with zero attached hydrogens (tertiary/aromatic N) is 2. The third-order valence-corrected chi connectivity index (χ3v) is 1.38. The Bertz CT molecular complexity index is 302. The quantitative estimate of drug-likeness (QED) is 0.582. The van der Waals surface area contributed by atoms with Gasteiger partial charge < -0.3 is 16.2 Å². The summed E-state index contributed by atoms with van der Waals surface area (Å²) in [5.41, 5.74) is 5.30. The van der Waals surface area contributed by atoms with Gasteiger partial charge in [0.2, 0.25) is 0 Å². The van der Waals surface area contributed by atoms with Gasteiger partial charge in [-0.25, -0.2) is 14.8 Å². The SMILES string of the molecule is NCCNc1ncncc1C(=O)O. The van der Waals surface area contributed by atoms with Crippen molar-refractivity contribution < 1.29 is 9.90 Å². The van der Waals surface area contributed by atoms with Gasteiger partial charge in [0.05, 0.1) is 0 Å². The van der Waals surface area contributed by atoms with Gasteiger partial charge in [-0.2, -0.15) is 0 Å². The smallest absolute Gasteiger partial charge is 0.341 e. The average molecular weight is 182 g/mol. The Balaban J connectivity index is 2.84. The molecule has 0 amide bonds. The van der Waals surface area contributed by atoms with E-state index >= 15 is 0 Å². The van der Waals surface area contributed by atoms with Crippen molar-refractivity contribution in [3.63, 3.8) is 0 Å². The molecule has 6 nitrogen and oxygen atoms in total. The third-order valence-electron chi connectivity index (χ3n) is 1.38. The minimum atomic E-state index is -1.06. The van der Waals surface area contributed by atoms with Gasteiger partial charge in [0, 0.05) is 19.3 Å². The molecule has 0 unspecified atom stereocenters. The van der Waals surface area contributed by atoms with E-state index in [1.807, 2.05) is 0 Å². The molecule has 0 spiro atoms. The van der Waals surface area contributed by atoms with Crippen molar-refractivity contribution in [3.8, 4) is 0 Å². The molecule has 13 heavy (non-hydrogen) atoms. The molecule has 1 rings (SSSR count). The van der Waals surface area contributed by atoms with Crippen molar-refractivity contribution in [2.75, 3.05) is 18.4 Å². The molecule has 1 aromatic heterocycles. The number of hydrogen-bond donors (Lipinski definition) is 3. The third kappa shape index (κ3) is 2.38. The van der Waals surface area contributed by atoms with E-state index in [1.165, 1.54) is 12.5 Å². The van der Waals surface area contributed by atoms with Gasteiger partial charge in [0.15, 0.2) is 0 Å². The number of anilines is 1. The first-order valence-corrected chi connectivity index (χ1v) is 3.73. The summed E-state index contributed by atoms with van der Waals surface area (Å²) in [6.07, 6.45) is 2.53. The maximum atomic E-state index is 10.6. The average Bonchev–Trinajstić information content (AvgIpc) is 2.15. The van der Waals surface area contributed by atoms with E-state index in [0.29, 0.717) is 18.9 Å². The molecule has 0 bridgehead atoms. The van der Waals surface area contributed by atoms with Crippen LogP contribution >= 0.6 is 0 Å². The summed E-state index contributed by atoms with van der Waals surface area (Å²) in [5, 5.41) is 11.5. The van der Waals surface area contributed by atoms with Gasteiger partial charge in [-0.1, -0.05) is 0 Å². The lowest BCUT2D eigenvalue weighted by molar-refractivity contribution is 0.0697. The number of hydrogen-bond acceptors (Lipinski definition) is 5. The highest BCUT2D eigenvalue weighted by Gasteiger charge is 2.09. The number of nitrogens with one attached hydrogen (secondary N) is 1. The Morgan fingerprint density at radius 3 is 3.08 bits per heavy atom. The van der Waals surface area contributed by atoms with Crippen LogP contribution < -0.4 is 11.1 Å². The molecule has 4 N–H and O–H groups in total. The standard InChI is InChI=1S/C7H10N4O2/c8-1-2-10-6-5(7(12)13)3-9-4-11-6/h3-4H,1-2,8H2,(H,12,13)(H,9,10,11). The molecule has 70 valence electrons. The molecule has 0 radical (unpaired) electrons. The number of carboxylic acid groups (broad SMARTS) is 1. The van der Waals surface area contributed by atoms with Crippen molar-refractivity contribution in [3.05, 3.63) is 18.1 Å². The highest BCUT2D eigenvalue weighted by molar-refractivity contribution is 5.92. The Morgan fingerprint density at radius 1 is 1.69 bits per heavy atom. The predicted octanol–water partition coefficient (Wildman–Crippen LogP) is -0.455.